The number of oxazole rings is 1. The van der Waals surface area contributed by atoms with Crippen LogP contribution in [0.1, 0.15) is 12.1 Å². The Hall–Kier alpha value is -2.63. The highest BCUT2D eigenvalue weighted by atomic mass is 16.4. The number of H-pyrrole nitrogens is 1. The van der Waals surface area contributed by atoms with E-state index in [2.05, 4.69) is 15.2 Å². The summed E-state index contributed by atoms with van der Waals surface area (Å²) in [4.78, 5) is 14.7. The third-order valence-corrected chi connectivity index (χ3v) is 2.95. The van der Waals surface area contributed by atoms with E-state index < -0.39 is 5.97 Å². The lowest BCUT2D eigenvalue weighted by Gasteiger charge is -2.01. The molecule has 0 saturated heterocycles. The molecule has 19 heavy (non-hydrogen) atoms. The summed E-state index contributed by atoms with van der Waals surface area (Å²) in [6.07, 6.45) is 3.57. The average Bonchev–Trinajstić information content (AvgIpc) is 3.04. The molecule has 0 bridgehead atoms. The van der Waals surface area contributed by atoms with Crippen LogP contribution in [0.25, 0.3) is 22.2 Å². The molecular formula is C13H11N3O3. The van der Waals surface area contributed by atoms with E-state index in [1.54, 1.807) is 6.20 Å². The monoisotopic (exact) mass is 257 g/mol. The average molecular weight is 257 g/mol. The van der Waals surface area contributed by atoms with Gasteiger partial charge in [0.2, 0.25) is 0 Å². The van der Waals surface area contributed by atoms with E-state index in [0.29, 0.717) is 12.0 Å². The molecule has 0 spiro atoms. The Morgan fingerprint density at radius 1 is 1.42 bits per heavy atom. The minimum absolute atomic E-state index is 0.0692. The molecule has 0 aliphatic heterocycles. The topological polar surface area (TPSA) is 92.0 Å². The van der Waals surface area contributed by atoms with Gasteiger partial charge in [0.1, 0.15) is 5.52 Å². The number of fused-ring (bicyclic) bond motifs is 1. The highest BCUT2D eigenvalue weighted by molar-refractivity contribution is 5.80. The summed E-state index contributed by atoms with van der Waals surface area (Å²) in [5.41, 5.74) is 4.11. The van der Waals surface area contributed by atoms with Crippen LogP contribution in [0, 0.1) is 0 Å². The quantitative estimate of drug-likeness (QED) is 0.747. The number of nitrogens with zero attached hydrogens (tertiary/aromatic N) is 2. The molecule has 6 heteroatoms. The number of carbonyl (C=O) groups is 1. The molecular weight excluding hydrogens is 246 g/mol. The zero-order chi connectivity index (χ0) is 13.2. The Bertz CT molecular complexity index is 729. The number of benzene rings is 1. The highest BCUT2D eigenvalue weighted by Crippen LogP contribution is 2.26. The first kappa shape index (κ1) is 11.5. The maximum atomic E-state index is 10.6. The lowest BCUT2D eigenvalue weighted by molar-refractivity contribution is -0.136. The zero-order valence-corrected chi connectivity index (χ0v) is 9.96. The largest absolute Gasteiger partial charge is 0.481 e. The van der Waals surface area contributed by atoms with E-state index >= 15 is 0 Å². The highest BCUT2D eigenvalue weighted by Gasteiger charge is 2.10. The molecule has 0 amide bonds. The first-order valence-electron chi connectivity index (χ1n) is 5.81. The molecule has 1 aromatic carbocycles. The summed E-state index contributed by atoms with van der Waals surface area (Å²) in [5, 5.41) is 15.6. The number of hydrogen-bond donors (Lipinski definition) is 2. The lowest BCUT2D eigenvalue weighted by Crippen LogP contribution is -1.98. The maximum Gasteiger partial charge on any atom is 0.303 e. The van der Waals surface area contributed by atoms with Crippen molar-refractivity contribution in [1.82, 2.24) is 15.2 Å². The number of carboxylic acids is 1. The first-order chi connectivity index (χ1) is 9.24. The van der Waals surface area contributed by atoms with Gasteiger partial charge in [-0.3, -0.25) is 9.89 Å². The standard InChI is InChI=1S/C13H11N3O3/c17-13(18)4-3-10-9(6-15-16-10)8-1-2-11-12(5-8)19-7-14-11/h1-2,5-7H,3-4H2,(H,15,16)(H,17,18). The number of aromatic amines is 1. The summed E-state index contributed by atoms with van der Waals surface area (Å²) in [7, 11) is 0. The van der Waals surface area contributed by atoms with Gasteiger partial charge in [0.05, 0.1) is 12.6 Å². The second kappa shape index (κ2) is 4.56. The number of rotatable bonds is 4. The fourth-order valence-electron chi connectivity index (χ4n) is 2.01. The molecule has 0 radical (unpaired) electrons. The van der Waals surface area contributed by atoms with Crippen LogP contribution in [-0.2, 0) is 11.2 Å². The number of carboxylic acid groups (broad SMARTS) is 1. The van der Waals surface area contributed by atoms with E-state index in [9.17, 15) is 4.79 Å². The van der Waals surface area contributed by atoms with Crippen LogP contribution in [0.5, 0.6) is 0 Å². The van der Waals surface area contributed by atoms with Gasteiger partial charge in [0, 0.05) is 17.7 Å². The Labute approximate surface area is 108 Å². The van der Waals surface area contributed by atoms with Gasteiger partial charge < -0.3 is 9.52 Å². The third-order valence-electron chi connectivity index (χ3n) is 2.95. The molecule has 0 unspecified atom stereocenters. The van der Waals surface area contributed by atoms with Gasteiger partial charge in [-0.2, -0.15) is 5.10 Å². The van der Waals surface area contributed by atoms with E-state index in [0.717, 1.165) is 22.3 Å². The molecule has 2 aromatic heterocycles. The first-order valence-corrected chi connectivity index (χ1v) is 5.81. The number of nitrogens with one attached hydrogen (secondary N) is 1. The van der Waals surface area contributed by atoms with Gasteiger partial charge in [-0.1, -0.05) is 6.07 Å². The van der Waals surface area contributed by atoms with E-state index in [1.165, 1.54) is 6.39 Å². The zero-order valence-electron chi connectivity index (χ0n) is 9.96. The summed E-state index contributed by atoms with van der Waals surface area (Å²) in [6.45, 7) is 0. The van der Waals surface area contributed by atoms with Gasteiger partial charge in [-0.25, -0.2) is 4.98 Å². The number of hydrogen-bond acceptors (Lipinski definition) is 4. The van der Waals surface area contributed by atoms with Crippen molar-refractivity contribution in [3.05, 3.63) is 36.5 Å². The smallest absolute Gasteiger partial charge is 0.303 e. The molecule has 0 aliphatic rings. The maximum absolute atomic E-state index is 10.6. The molecule has 0 fully saturated rings. The van der Waals surface area contributed by atoms with Crippen molar-refractivity contribution in [3.63, 3.8) is 0 Å². The van der Waals surface area contributed by atoms with Crippen LogP contribution in [-0.4, -0.2) is 26.3 Å². The minimum atomic E-state index is -0.828. The van der Waals surface area contributed by atoms with Crippen LogP contribution in [0.2, 0.25) is 0 Å². The summed E-state index contributed by atoms with van der Waals surface area (Å²) in [6, 6.07) is 5.65. The fourth-order valence-corrected chi connectivity index (χ4v) is 2.01. The normalized spacial score (nSPS) is 10.9. The fraction of sp³-hybridized carbons (Fsp3) is 0.154. The second-order valence-electron chi connectivity index (χ2n) is 4.19. The van der Waals surface area contributed by atoms with Crippen molar-refractivity contribution in [2.75, 3.05) is 0 Å². The second-order valence-corrected chi connectivity index (χ2v) is 4.19. The van der Waals surface area contributed by atoms with E-state index in [-0.39, 0.29) is 6.42 Å². The van der Waals surface area contributed by atoms with Crippen molar-refractivity contribution >= 4 is 17.1 Å². The summed E-state index contributed by atoms with van der Waals surface area (Å²) in [5.74, 6) is -0.828. The summed E-state index contributed by atoms with van der Waals surface area (Å²) < 4.78 is 5.26. The van der Waals surface area contributed by atoms with Crippen molar-refractivity contribution in [3.8, 4) is 11.1 Å². The molecule has 96 valence electrons. The van der Waals surface area contributed by atoms with Gasteiger partial charge >= 0.3 is 5.97 Å². The summed E-state index contributed by atoms with van der Waals surface area (Å²) >= 11 is 0. The third kappa shape index (κ3) is 2.20. The molecule has 2 N–H and O–H groups in total. The Balaban J connectivity index is 1.96. The minimum Gasteiger partial charge on any atom is -0.481 e. The number of aryl methyl sites for hydroxylation is 1. The molecule has 0 aliphatic carbocycles. The van der Waals surface area contributed by atoms with Crippen molar-refractivity contribution in [1.29, 1.82) is 0 Å². The Morgan fingerprint density at radius 3 is 3.16 bits per heavy atom. The molecule has 6 nitrogen and oxygen atoms in total. The molecule has 0 atom stereocenters. The van der Waals surface area contributed by atoms with Crippen LogP contribution in [0.3, 0.4) is 0 Å². The van der Waals surface area contributed by atoms with Crippen molar-refractivity contribution in [2.24, 2.45) is 0 Å². The van der Waals surface area contributed by atoms with Crippen molar-refractivity contribution in [2.45, 2.75) is 12.8 Å². The van der Waals surface area contributed by atoms with E-state index in [4.69, 9.17) is 9.52 Å². The molecule has 3 rings (SSSR count). The Kier molecular flexibility index (Phi) is 2.75. The van der Waals surface area contributed by atoms with Crippen LogP contribution >= 0.6 is 0 Å². The predicted octanol–water partition coefficient (Wildman–Crippen LogP) is 2.24. The predicted molar refractivity (Wildman–Crippen MR) is 67.5 cm³/mol. The van der Waals surface area contributed by atoms with Gasteiger partial charge in [-0.15, -0.1) is 0 Å². The molecule has 3 aromatic rings. The van der Waals surface area contributed by atoms with Gasteiger partial charge in [0.15, 0.2) is 12.0 Å². The van der Waals surface area contributed by atoms with Crippen LogP contribution < -0.4 is 0 Å². The lowest BCUT2D eigenvalue weighted by atomic mass is 10.0. The van der Waals surface area contributed by atoms with Crippen LogP contribution in [0.15, 0.2) is 35.2 Å². The van der Waals surface area contributed by atoms with Crippen LogP contribution in [0.4, 0.5) is 0 Å². The van der Waals surface area contributed by atoms with E-state index in [1.807, 2.05) is 18.2 Å². The van der Waals surface area contributed by atoms with Gasteiger partial charge in [0.25, 0.3) is 0 Å². The molecule has 0 saturated carbocycles. The Morgan fingerprint density at radius 2 is 2.32 bits per heavy atom. The number of aromatic nitrogens is 3. The number of aliphatic carboxylic acids is 1. The SMILES string of the molecule is O=C(O)CCc1[nH]ncc1-c1ccc2ncoc2c1. The van der Waals surface area contributed by atoms with Crippen molar-refractivity contribution < 1.29 is 14.3 Å². The van der Waals surface area contributed by atoms with Gasteiger partial charge in [-0.05, 0) is 17.7 Å². The molecule has 2 heterocycles.